The fraction of sp³-hybridized carbons (Fsp3) is 0.412. The van der Waals surface area contributed by atoms with Crippen molar-refractivity contribution in [2.24, 2.45) is 5.92 Å². The topological polar surface area (TPSA) is 46.9 Å². The number of rotatable bonds is 2. The van der Waals surface area contributed by atoms with Crippen molar-refractivity contribution in [3.05, 3.63) is 48.0 Å². The number of carbonyl (C=O) groups is 1. The molecule has 0 radical (unpaired) electrons. The van der Waals surface area contributed by atoms with E-state index in [1.165, 1.54) is 5.56 Å². The molecule has 1 fully saturated rings. The third kappa shape index (κ3) is 1.97. The van der Waals surface area contributed by atoms with Crippen LogP contribution >= 0.6 is 0 Å². The molecule has 0 spiro atoms. The summed E-state index contributed by atoms with van der Waals surface area (Å²) in [4.78, 5) is 17.2. The van der Waals surface area contributed by atoms with Gasteiger partial charge in [0.25, 0.3) is 0 Å². The fourth-order valence-corrected chi connectivity index (χ4v) is 3.78. The van der Waals surface area contributed by atoms with Gasteiger partial charge >= 0.3 is 0 Å². The number of nitrogens with one attached hydrogen (secondary N) is 1. The third-order valence-corrected chi connectivity index (χ3v) is 4.91. The zero-order valence-electron chi connectivity index (χ0n) is 12.1. The molecule has 0 saturated heterocycles. The maximum Gasteiger partial charge on any atom is 0.147 e. The van der Waals surface area contributed by atoms with Crippen LogP contribution in [0.4, 0.5) is 5.69 Å². The molecular formula is C17H19N3O. The third-order valence-electron chi connectivity index (χ3n) is 4.91. The Kier molecular flexibility index (Phi) is 2.84. The standard InChI is InChI=1S/C17H19N3O/c1-11-18-8-9-20(11)10-12-6-7-15-16(17(12)21)13-4-2-3-5-14(13)19-15/h2-5,8-9,12,15-16,19H,6-7,10H2,1H3/t12-,15-,16+/m1/s1. The highest BCUT2D eigenvalue weighted by Crippen LogP contribution is 2.43. The summed E-state index contributed by atoms with van der Waals surface area (Å²) in [5.41, 5.74) is 2.32. The number of hydrogen-bond donors (Lipinski definition) is 1. The second-order valence-corrected chi connectivity index (χ2v) is 6.12. The van der Waals surface area contributed by atoms with Gasteiger partial charge in [-0.2, -0.15) is 0 Å². The number of ketones is 1. The van der Waals surface area contributed by atoms with Crippen LogP contribution in [-0.2, 0) is 11.3 Å². The highest BCUT2D eigenvalue weighted by Gasteiger charge is 2.43. The molecule has 108 valence electrons. The van der Waals surface area contributed by atoms with Gasteiger partial charge in [-0.1, -0.05) is 18.2 Å². The summed E-state index contributed by atoms with van der Waals surface area (Å²) in [5, 5.41) is 3.52. The van der Waals surface area contributed by atoms with Crippen LogP contribution in [0.15, 0.2) is 36.7 Å². The van der Waals surface area contributed by atoms with Crippen LogP contribution in [0.3, 0.4) is 0 Å². The molecule has 21 heavy (non-hydrogen) atoms. The zero-order valence-corrected chi connectivity index (χ0v) is 12.1. The van der Waals surface area contributed by atoms with Crippen LogP contribution in [0, 0.1) is 12.8 Å². The van der Waals surface area contributed by atoms with Crippen molar-refractivity contribution >= 4 is 11.5 Å². The number of carbonyl (C=O) groups excluding carboxylic acids is 1. The largest absolute Gasteiger partial charge is 0.381 e. The Morgan fingerprint density at radius 2 is 2.19 bits per heavy atom. The number of aromatic nitrogens is 2. The maximum absolute atomic E-state index is 12.9. The lowest BCUT2D eigenvalue weighted by molar-refractivity contribution is -0.126. The highest BCUT2D eigenvalue weighted by atomic mass is 16.1. The molecular weight excluding hydrogens is 262 g/mol. The average Bonchev–Trinajstić information content (AvgIpc) is 3.06. The van der Waals surface area contributed by atoms with Crippen molar-refractivity contribution in [3.8, 4) is 0 Å². The van der Waals surface area contributed by atoms with E-state index in [9.17, 15) is 4.79 Å². The summed E-state index contributed by atoms with van der Waals surface area (Å²) in [6.07, 6.45) is 5.79. The Hall–Kier alpha value is -2.10. The number of hydrogen-bond acceptors (Lipinski definition) is 3. The number of aryl methyl sites for hydroxylation is 1. The van der Waals surface area contributed by atoms with Crippen LogP contribution in [0.5, 0.6) is 0 Å². The number of benzene rings is 1. The SMILES string of the molecule is Cc1nccn1C[C@H]1CC[C@H]2Nc3ccccc3[C@@H]2C1=O. The molecule has 3 atom stereocenters. The van der Waals surface area contributed by atoms with Crippen LogP contribution < -0.4 is 5.32 Å². The lowest BCUT2D eigenvalue weighted by Crippen LogP contribution is -2.38. The summed E-state index contributed by atoms with van der Waals surface area (Å²) in [6, 6.07) is 8.51. The van der Waals surface area contributed by atoms with Crippen molar-refractivity contribution in [1.82, 2.24) is 9.55 Å². The summed E-state index contributed by atoms with van der Waals surface area (Å²) in [6.45, 7) is 2.75. The Morgan fingerprint density at radius 1 is 1.33 bits per heavy atom. The van der Waals surface area contributed by atoms with Crippen LogP contribution in [0.25, 0.3) is 0 Å². The van der Waals surface area contributed by atoms with E-state index >= 15 is 0 Å². The smallest absolute Gasteiger partial charge is 0.147 e. The molecule has 1 saturated carbocycles. The van der Waals surface area contributed by atoms with Gasteiger partial charge in [0.15, 0.2) is 0 Å². The van der Waals surface area contributed by atoms with Gasteiger partial charge in [0.1, 0.15) is 11.6 Å². The lowest BCUT2D eigenvalue weighted by Gasteiger charge is -2.31. The molecule has 0 amide bonds. The minimum absolute atomic E-state index is 0.0313. The molecule has 0 bridgehead atoms. The predicted octanol–water partition coefficient (Wildman–Crippen LogP) is 2.75. The molecule has 2 heterocycles. The van der Waals surface area contributed by atoms with Crippen molar-refractivity contribution in [3.63, 3.8) is 0 Å². The van der Waals surface area contributed by atoms with E-state index in [4.69, 9.17) is 0 Å². The highest BCUT2D eigenvalue weighted by molar-refractivity contribution is 5.93. The number of nitrogens with zero attached hydrogens (tertiary/aromatic N) is 2. The fourth-order valence-electron chi connectivity index (χ4n) is 3.78. The Balaban J connectivity index is 1.61. The maximum atomic E-state index is 12.9. The van der Waals surface area contributed by atoms with Gasteiger partial charge in [-0.05, 0) is 31.4 Å². The van der Waals surface area contributed by atoms with Gasteiger partial charge < -0.3 is 9.88 Å². The van der Waals surface area contributed by atoms with Crippen LogP contribution in [-0.4, -0.2) is 21.4 Å². The number of anilines is 1. The quantitative estimate of drug-likeness (QED) is 0.920. The van der Waals surface area contributed by atoms with Crippen molar-refractivity contribution in [1.29, 1.82) is 0 Å². The zero-order chi connectivity index (χ0) is 14.4. The number of Topliss-reactive ketones (excluding diaryl/α,β-unsaturated/α-hetero) is 1. The van der Waals surface area contributed by atoms with Crippen molar-refractivity contribution < 1.29 is 4.79 Å². The van der Waals surface area contributed by atoms with E-state index in [1.54, 1.807) is 6.20 Å². The van der Waals surface area contributed by atoms with Gasteiger partial charge in [-0.3, -0.25) is 4.79 Å². The van der Waals surface area contributed by atoms with Crippen LogP contribution in [0.2, 0.25) is 0 Å². The lowest BCUT2D eigenvalue weighted by atomic mass is 9.75. The van der Waals surface area contributed by atoms with E-state index in [0.717, 1.165) is 30.9 Å². The number of imidazole rings is 1. The molecule has 4 heteroatoms. The van der Waals surface area contributed by atoms with E-state index in [1.807, 2.05) is 25.3 Å². The number of para-hydroxylation sites is 1. The molecule has 1 aromatic carbocycles. The predicted molar refractivity (Wildman–Crippen MR) is 81.3 cm³/mol. The first-order valence-electron chi connectivity index (χ1n) is 7.61. The van der Waals surface area contributed by atoms with Gasteiger partial charge in [-0.25, -0.2) is 4.98 Å². The van der Waals surface area contributed by atoms with E-state index in [0.29, 0.717) is 5.78 Å². The van der Waals surface area contributed by atoms with E-state index < -0.39 is 0 Å². The summed E-state index contributed by atoms with van der Waals surface area (Å²) in [5.74, 6) is 1.50. The molecule has 0 unspecified atom stereocenters. The normalized spacial score (nSPS) is 27.1. The molecule has 1 aromatic heterocycles. The van der Waals surface area contributed by atoms with E-state index in [2.05, 4.69) is 27.0 Å². The molecule has 4 nitrogen and oxygen atoms in total. The van der Waals surface area contributed by atoms with Crippen molar-refractivity contribution in [2.45, 2.75) is 38.3 Å². The first-order chi connectivity index (χ1) is 10.2. The van der Waals surface area contributed by atoms with Gasteiger partial charge in [0.05, 0.1) is 5.92 Å². The molecule has 4 rings (SSSR count). The molecule has 2 aliphatic rings. The first kappa shape index (κ1) is 12.6. The molecule has 2 aromatic rings. The minimum atomic E-state index is 0.0313. The first-order valence-corrected chi connectivity index (χ1v) is 7.61. The summed E-state index contributed by atoms with van der Waals surface area (Å²) >= 11 is 0. The monoisotopic (exact) mass is 281 g/mol. The second-order valence-electron chi connectivity index (χ2n) is 6.12. The molecule has 1 aliphatic heterocycles. The summed E-state index contributed by atoms with van der Waals surface area (Å²) in [7, 11) is 0. The molecule has 1 N–H and O–H groups in total. The van der Waals surface area contributed by atoms with Crippen LogP contribution in [0.1, 0.15) is 30.1 Å². The Morgan fingerprint density at radius 3 is 3.00 bits per heavy atom. The summed E-state index contributed by atoms with van der Waals surface area (Å²) < 4.78 is 2.09. The van der Waals surface area contributed by atoms with Gasteiger partial charge in [-0.15, -0.1) is 0 Å². The van der Waals surface area contributed by atoms with E-state index in [-0.39, 0.29) is 17.9 Å². The van der Waals surface area contributed by atoms with Gasteiger partial charge in [0.2, 0.25) is 0 Å². The Labute approximate surface area is 124 Å². The average molecular weight is 281 g/mol. The Bertz CT molecular complexity index is 691. The van der Waals surface area contributed by atoms with Crippen molar-refractivity contribution in [2.75, 3.05) is 5.32 Å². The second kappa shape index (κ2) is 4.72. The minimum Gasteiger partial charge on any atom is -0.381 e. The number of fused-ring (bicyclic) bond motifs is 3. The molecule has 1 aliphatic carbocycles. The van der Waals surface area contributed by atoms with Gasteiger partial charge in [0, 0.05) is 36.6 Å².